The number of rotatable bonds is 7. The number of nitrogens with zero attached hydrogens (tertiary/aromatic N) is 2. The van der Waals surface area contributed by atoms with Gasteiger partial charge in [-0.25, -0.2) is 0 Å². The third kappa shape index (κ3) is 5.67. The lowest BCUT2D eigenvalue weighted by atomic mass is 10.1. The van der Waals surface area contributed by atoms with Crippen molar-refractivity contribution >= 4 is 40.5 Å². The minimum Gasteiger partial charge on any atom is -0.493 e. The molecule has 5 nitrogen and oxygen atoms in total. The number of hydrogen-bond acceptors (Lipinski definition) is 5. The monoisotopic (exact) mass is 472 g/mol. The normalized spacial score (nSPS) is 16.7. The molecule has 0 N–H and O–H groups in total. The lowest BCUT2D eigenvalue weighted by molar-refractivity contribution is -0.123. The number of methoxy groups -OCH3 is 1. The minimum atomic E-state index is -0.0562. The Morgan fingerprint density at radius 1 is 1.19 bits per heavy atom. The number of aryl methyl sites for hydroxylation is 1. The zero-order valence-corrected chi connectivity index (χ0v) is 20.9. The first kappa shape index (κ1) is 24.2. The van der Waals surface area contributed by atoms with E-state index in [1.807, 2.05) is 65.0 Å². The van der Waals surface area contributed by atoms with Crippen LogP contribution in [-0.4, -0.2) is 35.2 Å². The van der Waals surface area contributed by atoms with Crippen LogP contribution in [0.25, 0.3) is 6.08 Å². The fourth-order valence-corrected chi connectivity index (χ4v) is 4.83. The molecule has 0 saturated carbocycles. The molecule has 170 valence electrons. The van der Waals surface area contributed by atoms with E-state index in [4.69, 9.17) is 21.1 Å². The number of halogens is 1. The van der Waals surface area contributed by atoms with Gasteiger partial charge in [0.15, 0.2) is 16.7 Å². The summed E-state index contributed by atoms with van der Waals surface area (Å²) >= 11 is 7.93. The van der Waals surface area contributed by atoms with Gasteiger partial charge in [-0.05, 0) is 75.7 Å². The quantitative estimate of drug-likeness (QED) is 0.442. The summed E-state index contributed by atoms with van der Waals surface area (Å²) in [6.45, 7) is 10.4. The molecule has 0 unspecified atom stereocenters. The van der Waals surface area contributed by atoms with Gasteiger partial charge in [0.05, 0.1) is 17.0 Å². The molecule has 0 aromatic heterocycles. The van der Waals surface area contributed by atoms with Crippen LogP contribution < -0.4 is 9.47 Å². The number of benzene rings is 2. The van der Waals surface area contributed by atoms with Crippen molar-refractivity contribution in [2.24, 2.45) is 4.99 Å². The Bertz CT molecular complexity index is 1060. The Morgan fingerprint density at radius 3 is 2.56 bits per heavy atom. The number of carbonyl (C=O) groups excluding carboxylic acids is 1. The molecule has 32 heavy (non-hydrogen) atoms. The first-order chi connectivity index (χ1) is 15.2. The SMILES string of the molecule is COc1cc(/C=C2/SC(=NC(C)C)N(C(C)C)C2=O)cc(Cl)c1OCc1cccc(C)c1. The first-order valence-corrected chi connectivity index (χ1v) is 11.8. The predicted molar refractivity (Wildman–Crippen MR) is 134 cm³/mol. The van der Waals surface area contributed by atoms with E-state index in [2.05, 4.69) is 11.1 Å². The van der Waals surface area contributed by atoms with E-state index < -0.39 is 0 Å². The minimum absolute atomic E-state index is 0.0222. The number of amidine groups is 1. The zero-order chi connectivity index (χ0) is 23.4. The summed E-state index contributed by atoms with van der Waals surface area (Å²) in [5.74, 6) is 0.942. The summed E-state index contributed by atoms with van der Waals surface area (Å²) in [6, 6.07) is 11.8. The number of aliphatic imine (C=N–C) groups is 1. The number of amides is 1. The second-order valence-electron chi connectivity index (χ2n) is 8.20. The Balaban J connectivity index is 1.88. The van der Waals surface area contributed by atoms with Crippen molar-refractivity contribution in [3.05, 3.63) is 63.0 Å². The van der Waals surface area contributed by atoms with Crippen LogP contribution in [0.1, 0.15) is 44.4 Å². The highest BCUT2D eigenvalue weighted by atomic mass is 35.5. The lowest BCUT2D eigenvalue weighted by Crippen LogP contribution is -2.35. The molecule has 7 heteroatoms. The zero-order valence-electron chi connectivity index (χ0n) is 19.3. The maximum absolute atomic E-state index is 13.0. The van der Waals surface area contributed by atoms with Crippen molar-refractivity contribution in [3.8, 4) is 11.5 Å². The Kier molecular flexibility index (Phi) is 7.91. The molecule has 0 radical (unpaired) electrons. The van der Waals surface area contributed by atoms with Crippen LogP contribution in [0, 0.1) is 6.92 Å². The average Bonchev–Trinajstić information content (AvgIpc) is 3.01. The van der Waals surface area contributed by atoms with Crippen LogP contribution in [0.5, 0.6) is 11.5 Å². The topological polar surface area (TPSA) is 51.1 Å². The summed E-state index contributed by atoms with van der Waals surface area (Å²) in [5.41, 5.74) is 2.98. The summed E-state index contributed by atoms with van der Waals surface area (Å²) in [6.07, 6.45) is 1.82. The van der Waals surface area contributed by atoms with E-state index in [0.29, 0.717) is 28.0 Å². The van der Waals surface area contributed by atoms with Crippen LogP contribution in [0.15, 0.2) is 46.3 Å². The van der Waals surface area contributed by atoms with Crippen LogP contribution >= 0.6 is 23.4 Å². The largest absolute Gasteiger partial charge is 0.493 e. The van der Waals surface area contributed by atoms with Gasteiger partial charge in [0.2, 0.25) is 0 Å². The summed E-state index contributed by atoms with van der Waals surface area (Å²) < 4.78 is 11.5. The van der Waals surface area contributed by atoms with E-state index >= 15 is 0 Å². The Morgan fingerprint density at radius 2 is 1.94 bits per heavy atom. The second kappa shape index (κ2) is 10.5. The van der Waals surface area contributed by atoms with Crippen LogP contribution in [-0.2, 0) is 11.4 Å². The number of hydrogen-bond donors (Lipinski definition) is 0. The molecule has 0 atom stereocenters. The highest BCUT2D eigenvalue weighted by Gasteiger charge is 2.35. The molecule has 1 heterocycles. The maximum atomic E-state index is 13.0. The third-order valence-electron chi connectivity index (χ3n) is 4.74. The first-order valence-electron chi connectivity index (χ1n) is 10.6. The molecule has 0 aliphatic carbocycles. The van der Waals surface area contributed by atoms with Gasteiger partial charge in [-0.15, -0.1) is 0 Å². The summed E-state index contributed by atoms with van der Waals surface area (Å²) in [4.78, 5) is 20.0. The van der Waals surface area contributed by atoms with Gasteiger partial charge in [-0.3, -0.25) is 14.7 Å². The van der Waals surface area contributed by atoms with E-state index in [0.717, 1.165) is 16.3 Å². The van der Waals surface area contributed by atoms with Crippen molar-refractivity contribution < 1.29 is 14.3 Å². The van der Waals surface area contributed by atoms with Gasteiger partial charge in [0.25, 0.3) is 5.91 Å². The molecule has 2 aromatic carbocycles. The maximum Gasteiger partial charge on any atom is 0.266 e. The van der Waals surface area contributed by atoms with Gasteiger partial charge >= 0.3 is 0 Å². The molecule has 2 aromatic rings. The molecule has 1 aliphatic rings. The van der Waals surface area contributed by atoms with E-state index in [1.54, 1.807) is 18.1 Å². The number of carbonyl (C=O) groups is 1. The van der Waals surface area contributed by atoms with Crippen LogP contribution in [0.2, 0.25) is 5.02 Å². The molecule has 0 bridgehead atoms. The molecule has 1 aliphatic heterocycles. The Hall–Kier alpha value is -2.44. The molecular weight excluding hydrogens is 444 g/mol. The molecule has 1 amide bonds. The van der Waals surface area contributed by atoms with Crippen molar-refractivity contribution in [1.29, 1.82) is 0 Å². The van der Waals surface area contributed by atoms with Gasteiger partial charge < -0.3 is 9.47 Å². The van der Waals surface area contributed by atoms with Crippen molar-refractivity contribution in [3.63, 3.8) is 0 Å². The van der Waals surface area contributed by atoms with Crippen molar-refractivity contribution in [2.45, 2.75) is 53.3 Å². The van der Waals surface area contributed by atoms with E-state index in [-0.39, 0.29) is 18.0 Å². The van der Waals surface area contributed by atoms with Gasteiger partial charge in [-0.1, -0.05) is 41.4 Å². The standard InChI is InChI=1S/C25H29ClN2O3S/c1-15(2)27-25-28(16(3)4)24(29)22(32-25)13-19-11-20(26)23(21(12-19)30-6)31-14-18-9-7-8-17(5)10-18/h7-13,15-16H,14H2,1-6H3/b22-13+,27-25?. The highest BCUT2D eigenvalue weighted by molar-refractivity contribution is 8.18. The average molecular weight is 473 g/mol. The van der Waals surface area contributed by atoms with Crippen molar-refractivity contribution in [2.75, 3.05) is 7.11 Å². The van der Waals surface area contributed by atoms with Gasteiger partial charge in [0.1, 0.15) is 6.61 Å². The summed E-state index contributed by atoms with van der Waals surface area (Å²) in [5, 5.41) is 1.15. The molecule has 0 spiro atoms. The number of thioether (sulfide) groups is 1. The van der Waals surface area contributed by atoms with Crippen LogP contribution in [0.3, 0.4) is 0 Å². The van der Waals surface area contributed by atoms with E-state index in [1.165, 1.54) is 17.3 Å². The predicted octanol–water partition coefficient (Wildman–Crippen LogP) is 6.33. The molecular formula is C25H29ClN2O3S. The lowest BCUT2D eigenvalue weighted by Gasteiger charge is -2.20. The molecule has 3 rings (SSSR count). The van der Waals surface area contributed by atoms with Gasteiger partial charge in [0, 0.05) is 12.1 Å². The van der Waals surface area contributed by atoms with E-state index in [9.17, 15) is 4.79 Å². The second-order valence-corrected chi connectivity index (χ2v) is 9.61. The molecule has 1 fully saturated rings. The van der Waals surface area contributed by atoms with Crippen molar-refractivity contribution in [1.82, 2.24) is 4.90 Å². The third-order valence-corrected chi connectivity index (χ3v) is 6.01. The molecule has 1 saturated heterocycles. The fourth-order valence-electron chi connectivity index (χ4n) is 3.32. The Labute approximate surface area is 199 Å². The highest BCUT2D eigenvalue weighted by Crippen LogP contribution is 2.39. The van der Waals surface area contributed by atoms with Gasteiger partial charge in [-0.2, -0.15) is 0 Å². The van der Waals surface area contributed by atoms with Crippen LogP contribution in [0.4, 0.5) is 0 Å². The number of ether oxygens (including phenoxy) is 2. The smallest absolute Gasteiger partial charge is 0.266 e. The fraction of sp³-hybridized carbons (Fsp3) is 0.360. The summed E-state index contributed by atoms with van der Waals surface area (Å²) in [7, 11) is 1.57.